The maximum atomic E-state index is 13.6. The molecule has 1 saturated carbocycles. The first-order valence-corrected chi connectivity index (χ1v) is 7.83. The molecule has 0 aromatic heterocycles. The van der Waals surface area contributed by atoms with E-state index in [0.29, 0.717) is 29.0 Å². The van der Waals surface area contributed by atoms with Gasteiger partial charge in [0.25, 0.3) is 0 Å². The zero-order valence-corrected chi connectivity index (χ0v) is 12.5. The van der Waals surface area contributed by atoms with Crippen molar-refractivity contribution in [3.63, 3.8) is 0 Å². The minimum absolute atomic E-state index is 0.238. The molecule has 0 amide bonds. The third-order valence-corrected chi connectivity index (χ3v) is 4.79. The highest BCUT2D eigenvalue weighted by molar-refractivity contribution is 6.31. The molecule has 19 heavy (non-hydrogen) atoms. The van der Waals surface area contributed by atoms with E-state index < -0.39 is 0 Å². The van der Waals surface area contributed by atoms with Crippen LogP contribution in [0.5, 0.6) is 0 Å². The topological polar surface area (TPSA) is 12.0 Å². The molecular weight excluding hydrogens is 284 g/mol. The van der Waals surface area contributed by atoms with Crippen molar-refractivity contribution in [1.82, 2.24) is 5.32 Å². The Morgan fingerprint density at radius 3 is 2.63 bits per heavy atom. The first kappa shape index (κ1) is 15.1. The van der Waals surface area contributed by atoms with Crippen molar-refractivity contribution in [3.8, 4) is 0 Å². The Morgan fingerprint density at radius 2 is 1.95 bits per heavy atom. The summed E-state index contributed by atoms with van der Waals surface area (Å²) in [6.07, 6.45) is 5.00. The number of benzene rings is 1. The Balaban J connectivity index is 1.86. The summed E-state index contributed by atoms with van der Waals surface area (Å²) >= 11 is 12.0. The lowest BCUT2D eigenvalue weighted by molar-refractivity contribution is 0.250. The van der Waals surface area contributed by atoms with Crippen LogP contribution in [0.2, 0.25) is 5.02 Å². The van der Waals surface area contributed by atoms with Crippen LogP contribution in [0.3, 0.4) is 0 Å². The average Bonchev–Trinajstić information content (AvgIpc) is 2.42. The van der Waals surface area contributed by atoms with E-state index >= 15 is 0 Å². The van der Waals surface area contributed by atoms with Crippen LogP contribution in [0.1, 0.15) is 31.2 Å². The summed E-state index contributed by atoms with van der Waals surface area (Å²) in [5, 5.41) is 3.83. The van der Waals surface area contributed by atoms with Gasteiger partial charge in [-0.3, -0.25) is 0 Å². The van der Waals surface area contributed by atoms with Gasteiger partial charge in [-0.25, -0.2) is 4.39 Å². The van der Waals surface area contributed by atoms with E-state index in [4.69, 9.17) is 23.2 Å². The molecule has 0 spiro atoms. The summed E-state index contributed by atoms with van der Waals surface area (Å²) in [5.41, 5.74) is 0.558. The number of hydrogen-bond acceptors (Lipinski definition) is 1. The minimum atomic E-state index is -0.238. The molecule has 0 saturated heterocycles. The molecule has 4 heteroatoms. The van der Waals surface area contributed by atoms with Gasteiger partial charge in [0, 0.05) is 23.0 Å². The summed E-state index contributed by atoms with van der Waals surface area (Å²) in [4.78, 5) is 0. The summed E-state index contributed by atoms with van der Waals surface area (Å²) in [5.74, 6) is 1.70. The van der Waals surface area contributed by atoms with Gasteiger partial charge in [-0.15, -0.1) is 11.6 Å². The van der Waals surface area contributed by atoms with Gasteiger partial charge < -0.3 is 5.32 Å². The van der Waals surface area contributed by atoms with Gasteiger partial charge in [-0.2, -0.15) is 0 Å². The first-order chi connectivity index (χ1) is 9.22. The van der Waals surface area contributed by atoms with Gasteiger partial charge in [-0.1, -0.05) is 30.5 Å². The molecule has 1 aliphatic rings. The molecule has 1 aliphatic carbocycles. The normalized spacial score (nSPS) is 23.5. The average molecular weight is 304 g/mol. The second kappa shape index (κ2) is 7.47. The fourth-order valence-electron chi connectivity index (χ4n) is 2.84. The molecule has 1 aromatic rings. The summed E-state index contributed by atoms with van der Waals surface area (Å²) in [6, 6.07) is 4.81. The van der Waals surface area contributed by atoms with E-state index in [-0.39, 0.29) is 5.82 Å². The SMILES string of the molecule is Fc1cccc(Cl)c1CNCC1CCCCC1CCl. The van der Waals surface area contributed by atoms with E-state index in [1.165, 1.54) is 31.7 Å². The molecular formula is C15H20Cl2FN. The molecule has 1 aromatic carbocycles. The van der Waals surface area contributed by atoms with E-state index in [2.05, 4.69) is 5.32 Å². The molecule has 0 heterocycles. The van der Waals surface area contributed by atoms with Crippen molar-refractivity contribution in [1.29, 1.82) is 0 Å². The Hall–Kier alpha value is -0.310. The quantitative estimate of drug-likeness (QED) is 0.783. The summed E-state index contributed by atoms with van der Waals surface area (Å²) < 4.78 is 13.6. The molecule has 2 rings (SSSR count). The lowest BCUT2D eigenvalue weighted by Gasteiger charge is -2.30. The molecule has 1 fully saturated rings. The van der Waals surface area contributed by atoms with Gasteiger partial charge in [0.15, 0.2) is 0 Å². The Kier molecular flexibility index (Phi) is 5.93. The Morgan fingerprint density at radius 1 is 1.21 bits per heavy atom. The molecule has 106 valence electrons. The predicted octanol–water partition coefficient (Wildman–Crippen LogP) is 4.61. The fourth-order valence-corrected chi connectivity index (χ4v) is 3.48. The van der Waals surface area contributed by atoms with Crippen LogP contribution in [-0.4, -0.2) is 12.4 Å². The second-order valence-corrected chi connectivity index (χ2v) is 6.01. The standard InChI is InChI=1S/C15H20Cl2FN/c16-8-11-4-1-2-5-12(11)9-19-10-13-14(17)6-3-7-15(13)18/h3,6-7,11-12,19H,1-2,4-5,8-10H2. The molecule has 0 aliphatic heterocycles. The zero-order valence-electron chi connectivity index (χ0n) is 11.0. The summed E-state index contributed by atoms with van der Waals surface area (Å²) in [7, 11) is 0. The molecule has 0 bridgehead atoms. The molecule has 0 radical (unpaired) electrons. The van der Waals surface area contributed by atoms with Gasteiger partial charge in [0.1, 0.15) is 5.82 Å². The molecule has 2 atom stereocenters. The molecule has 1 nitrogen and oxygen atoms in total. The smallest absolute Gasteiger partial charge is 0.129 e. The van der Waals surface area contributed by atoms with Crippen molar-refractivity contribution >= 4 is 23.2 Å². The third-order valence-electron chi connectivity index (χ3n) is 4.03. The van der Waals surface area contributed by atoms with Crippen LogP contribution >= 0.6 is 23.2 Å². The van der Waals surface area contributed by atoms with E-state index in [1.54, 1.807) is 12.1 Å². The predicted molar refractivity (Wildman–Crippen MR) is 79.3 cm³/mol. The highest BCUT2D eigenvalue weighted by atomic mass is 35.5. The van der Waals surface area contributed by atoms with Crippen LogP contribution in [-0.2, 0) is 6.54 Å². The number of rotatable bonds is 5. The van der Waals surface area contributed by atoms with Crippen LogP contribution in [0.15, 0.2) is 18.2 Å². The third kappa shape index (κ3) is 4.08. The highest BCUT2D eigenvalue weighted by Crippen LogP contribution is 2.30. The van der Waals surface area contributed by atoms with Gasteiger partial charge in [0.05, 0.1) is 0 Å². The van der Waals surface area contributed by atoms with Crippen molar-refractivity contribution in [2.75, 3.05) is 12.4 Å². The van der Waals surface area contributed by atoms with Crippen LogP contribution in [0.4, 0.5) is 4.39 Å². The second-order valence-electron chi connectivity index (χ2n) is 5.29. The van der Waals surface area contributed by atoms with Gasteiger partial charge in [0.2, 0.25) is 0 Å². The van der Waals surface area contributed by atoms with Gasteiger partial charge >= 0.3 is 0 Å². The Bertz CT molecular complexity index is 391. The summed E-state index contributed by atoms with van der Waals surface area (Å²) in [6.45, 7) is 1.37. The fraction of sp³-hybridized carbons (Fsp3) is 0.600. The largest absolute Gasteiger partial charge is 0.312 e. The number of hydrogen-bond donors (Lipinski definition) is 1. The van der Waals surface area contributed by atoms with Crippen LogP contribution in [0.25, 0.3) is 0 Å². The number of nitrogens with one attached hydrogen (secondary N) is 1. The van der Waals surface area contributed by atoms with Gasteiger partial charge in [-0.05, 0) is 43.4 Å². The van der Waals surface area contributed by atoms with Crippen LogP contribution < -0.4 is 5.32 Å². The van der Waals surface area contributed by atoms with Crippen LogP contribution in [0, 0.1) is 17.7 Å². The van der Waals surface area contributed by atoms with Crippen molar-refractivity contribution in [2.24, 2.45) is 11.8 Å². The van der Waals surface area contributed by atoms with E-state index in [9.17, 15) is 4.39 Å². The maximum Gasteiger partial charge on any atom is 0.129 e. The van der Waals surface area contributed by atoms with Crippen molar-refractivity contribution in [2.45, 2.75) is 32.2 Å². The first-order valence-electron chi connectivity index (χ1n) is 6.92. The molecule has 1 N–H and O–H groups in total. The van der Waals surface area contributed by atoms with Crippen molar-refractivity contribution < 1.29 is 4.39 Å². The molecule has 2 unspecified atom stereocenters. The number of halogens is 3. The van der Waals surface area contributed by atoms with Crippen molar-refractivity contribution in [3.05, 3.63) is 34.6 Å². The minimum Gasteiger partial charge on any atom is -0.312 e. The lowest BCUT2D eigenvalue weighted by atomic mass is 9.80. The van der Waals surface area contributed by atoms with E-state index in [0.717, 1.165) is 12.4 Å². The highest BCUT2D eigenvalue weighted by Gasteiger charge is 2.23. The van der Waals surface area contributed by atoms with E-state index in [1.807, 2.05) is 0 Å². The lowest BCUT2D eigenvalue weighted by Crippen LogP contribution is -2.31. The monoisotopic (exact) mass is 303 g/mol. The Labute approximate surface area is 124 Å². The zero-order chi connectivity index (χ0) is 13.7. The number of alkyl halides is 1. The maximum absolute atomic E-state index is 13.6.